The molecule has 0 radical (unpaired) electrons. The Kier molecular flexibility index (Phi) is 4.69. The first-order valence-corrected chi connectivity index (χ1v) is 10.8. The van der Waals surface area contributed by atoms with Crippen LogP contribution in [0.2, 0.25) is 0 Å². The highest BCUT2D eigenvalue weighted by Crippen LogP contribution is 2.35. The molecule has 0 saturated carbocycles. The van der Waals surface area contributed by atoms with Crippen molar-refractivity contribution in [3.05, 3.63) is 84.6 Å². The number of nitrogens with zero attached hydrogens (tertiary/aromatic N) is 1. The van der Waals surface area contributed by atoms with E-state index in [0.29, 0.717) is 36.0 Å². The first kappa shape index (κ1) is 19.4. The summed E-state index contributed by atoms with van der Waals surface area (Å²) in [5.41, 5.74) is 4.36. The van der Waals surface area contributed by atoms with E-state index in [0.717, 1.165) is 39.6 Å². The number of fused-ring (bicyclic) bond motifs is 4. The topological polar surface area (TPSA) is 73.6 Å². The smallest absolute Gasteiger partial charge is 0.257 e. The standard InChI is InChI=1S/C27H20N2O4/c30-27(29-18-10-12-24-25(15-18)32-14-4-13-31-24)17-9-11-22(28-16-17)21-7-3-6-20-19-5-1-2-8-23(19)33-26(20)21/h1-3,5-12,15-16H,4,13-14H2,(H,29,30). The minimum Gasteiger partial charge on any atom is -0.490 e. The molecular formula is C27H20N2O4. The molecule has 0 spiro atoms. The number of anilines is 1. The Hall–Kier alpha value is -4.32. The molecule has 3 aromatic carbocycles. The van der Waals surface area contributed by atoms with Crippen molar-refractivity contribution < 1.29 is 18.7 Å². The summed E-state index contributed by atoms with van der Waals surface area (Å²) in [6, 6.07) is 23.0. The molecule has 3 heterocycles. The average Bonchev–Trinajstić information content (AvgIpc) is 3.07. The van der Waals surface area contributed by atoms with Crippen LogP contribution in [0.15, 0.2) is 83.4 Å². The Balaban J connectivity index is 1.27. The van der Waals surface area contributed by atoms with E-state index in [1.165, 1.54) is 0 Å². The average molecular weight is 436 g/mol. The van der Waals surface area contributed by atoms with E-state index in [1.807, 2.05) is 54.6 Å². The zero-order chi connectivity index (χ0) is 22.2. The summed E-state index contributed by atoms with van der Waals surface area (Å²) in [7, 11) is 0. The Morgan fingerprint density at radius 3 is 2.58 bits per heavy atom. The maximum Gasteiger partial charge on any atom is 0.257 e. The van der Waals surface area contributed by atoms with Crippen LogP contribution in [0.5, 0.6) is 11.5 Å². The van der Waals surface area contributed by atoms with Gasteiger partial charge in [-0.25, -0.2) is 0 Å². The predicted octanol–water partition coefficient (Wildman–Crippen LogP) is 6.06. The summed E-state index contributed by atoms with van der Waals surface area (Å²) in [6.07, 6.45) is 2.41. The molecule has 33 heavy (non-hydrogen) atoms. The minimum atomic E-state index is -0.245. The van der Waals surface area contributed by atoms with Gasteiger partial charge in [0.2, 0.25) is 0 Å². The molecule has 2 aromatic heterocycles. The van der Waals surface area contributed by atoms with E-state index in [9.17, 15) is 4.79 Å². The van der Waals surface area contributed by atoms with Gasteiger partial charge in [0.15, 0.2) is 11.5 Å². The second kappa shape index (κ2) is 7.98. The summed E-state index contributed by atoms with van der Waals surface area (Å²) in [5.74, 6) is 1.08. The molecule has 1 N–H and O–H groups in total. The fourth-order valence-electron chi connectivity index (χ4n) is 4.08. The number of pyridine rings is 1. The summed E-state index contributed by atoms with van der Waals surface area (Å²) in [5, 5.41) is 5.01. The van der Waals surface area contributed by atoms with Gasteiger partial charge >= 0.3 is 0 Å². The van der Waals surface area contributed by atoms with Crippen molar-refractivity contribution in [2.24, 2.45) is 0 Å². The van der Waals surface area contributed by atoms with E-state index >= 15 is 0 Å². The van der Waals surface area contributed by atoms with Gasteiger partial charge in [-0.15, -0.1) is 0 Å². The second-order valence-corrected chi connectivity index (χ2v) is 7.88. The highest BCUT2D eigenvalue weighted by molar-refractivity contribution is 6.09. The summed E-state index contributed by atoms with van der Waals surface area (Å²) in [4.78, 5) is 17.3. The second-order valence-electron chi connectivity index (χ2n) is 7.88. The lowest BCUT2D eigenvalue weighted by Gasteiger charge is -2.10. The number of rotatable bonds is 3. The van der Waals surface area contributed by atoms with Gasteiger partial charge in [-0.05, 0) is 36.4 Å². The Bertz CT molecular complexity index is 1490. The van der Waals surface area contributed by atoms with E-state index in [2.05, 4.69) is 10.3 Å². The van der Waals surface area contributed by atoms with E-state index in [1.54, 1.807) is 24.4 Å². The van der Waals surface area contributed by atoms with Crippen molar-refractivity contribution in [3.63, 3.8) is 0 Å². The minimum absolute atomic E-state index is 0.245. The molecule has 6 nitrogen and oxygen atoms in total. The van der Waals surface area contributed by atoms with Gasteiger partial charge in [0, 0.05) is 40.7 Å². The number of ether oxygens (including phenoxy) is 2. The number of para-hydroxylation sites is 2. The maximum absolute atomic E-state index is 12.8. The van der Waals surface area contributed by atoms with Gasteiger partial charge in [0.05, 0.1) is 24.5 Å². The number of nitrogens with one attached hydrogen (secondary N) is 1. The van der Waals surface area contributed by atoms with Crippen molar-refractivity contribution in [2.45, 2.75) is 6.42 Å². The van der Waals surface area contributed by atoms with Crippen LogP contribution in [0.25, 0.3) is 33.2 Å². The molecule has 0 saturated heterocycles. The number of amides is 1. The zero-order valence-corrected chi connectivity index (χ0v) is 17.7. The Morgan fingerprint density at radius 2 is 1.70 bits per heavy atom. The molecule has 0 fully saturated rings. The van der Waals surface area contributed by atoms with Crippen molar-refractivity contribution in [2.75, 3.05) is 18.5 Å². The van der Waals surface area contributed by atoms with Crippen LogP contribution >= 0.6 is 0 Å². The van der Waals surface area contributed by atoms with Crippen LogP contribution < -0.4 is 14.8 Å². The fourth-order valence-corrected chi connectivity index (χ4v) is 4.08. The van der Waals surface area contributed by atoms with Crippen LogP contribution in [0.1, 0.15) is 16.8 Å². The lowest BCUT2D eigenvalue weighted by atomic mass is 10.1. The Labute approximate surface area is 189 Å². The van der Waals surface area contributed by atoms with Gasteiger partial charge < -0.3 is 19.2 Å². The zero-order valence-electron chi connectivity index (χ0n) is 17.7. The quantitative estimate of drug-likeness (QED) is 0.372. The molecule has 162 valence electrons. The van der Waals surface area contributed by atoms with Crippen LogP contribution in [0, 0.1) is 0 Å². The molecular weight excluding hydrogens is 416 g/mol. The molecule has 0 unspecified atom stereocenters. The van der Waals surface area contributed by atoms with E-state index < -0.39 is 0 Å². The van der Waals surface area contributed by atoms with Crippen molar-refractivity contribution in [1.29, 1.82) is 0 Å². The molecule has 1 aliphatic rings. The summed E-state index contributed by atoms with van der Waals surface area (Å²) in [6.45, 7) is 1.21. The van der Waals surface area contributed by atoms with Gasteiger partial charge in [-0.1, -0.05) is 30.3 Å². The molecule has 0 aliphatic carbocycles. The van der Waals surface area contributed by atoms with Crippen LogP contribution in [-0.2, 0) is 0 Å². The van der Waals surface area contributed by atoms with E-state index in [4.69, 9.17) is 13.9 Å². The summed E-state index contributed by atoms with van der Waals surface area (Å²) >= 11 is 0. The lowest BCUT2D eigenvalue weighted by molar-refractivity contribution is 0.102. The number of carbonyl (C=O) groups excluding carboxylic acids is 1. The van der Waals surface area contributed by atoms with Crippen LogP contribution in [0.4, 0.5) is 5.69 Å². The van der Waals surface area contributed by atoms with Gasteiger partial charge in [0.1, 0.15) is 11.2 Å². The highest BCUT2D eigenvalue weighted by atomic mass is 16.5. The highest BCUT2D eigenvalue weighted by Gasteiger charge is 2.15. The third-order valence-electron chi connectivity index (χ3n) is 5.71. The molecule has 6 rings (SSSR count). The van der Waals surface area contributed by atoms with Crippen LogP contribution in [-0.4, -0.2) is 24.1 Å². The normalized spacial score (nSPS) is 13.1. The number of aromatic nitrogens is 1. The third kappa shape index (κ3) is 3.55. The molecule has 6 heteroatoms. The first-order chi connectivity index (χ1) is 16.3. The molecule has 0 atom stereocenters. The number of furan rings is 1. The maximum atomic E-state index is 12.8. The SMILES string of the molecule is O=C(Nc1ccc2c(c1)OCCCO2)c1ccc(-c2cccc3c2oc2ccccc23)nc1. The van der Waals surface area contributed by atoms with Crippen molar-refractivity contribution in [1.82, 2.24) is 4.98 Å². The van der Waals surface area contributed by atoms with Crippen molar-refractivity contribution in [3.8, 4) is 22.8 Å². The fraction of sp³-hybridized carbons (Fsp3) is 0.111. The first-order valence-electron chi connectivity index (χ1n) is 10.8. The molecule has 0 bridgehead atoms. The van der Waals surface area contributed by atoms with Crippen LogP contribution in [0.3, 0.4) is 0 Å². The number of carbonyl (C=O) groups is 1. The Morgan fingerprint density at radius 1 is 0.848 bits per heavy atom. The van der Waals surface area contributed by atoms with Gasteiger partial charge in [-0.2, -0.15) is 0 Å². The summed E-state index contributed by atoms with van der Waals surface area (Å²) < 4.78 is 17.5. The van der Waals surface area contributed by atoms with Gasteiger partial charge in [-0.3, -0.25) is 9.78 Å². The lowest BCUT2D eigenvalue weighted by Crippen LogP contribution is -2.12. The largest absolute Gasteiger partial charge is 0.490 e. The monoisotopic (exact) mass is 436 g/mol. The molecule has 5 aromatic rings. The molecule has 1 aliphatic heterocycles. The number of hydrogen-bond donors (Lipinski definition) is 1. The third-order valence-corrected chi connectivity index (χ3v) is 5.71. The predicted molar refractivity (Wildman–Crippen MR) is 127 cm³/mol. The van der Waals surface area contributed by atoms with Crippen molar-refractivity contribution >= 4 is 33.5 Å². The van der Waals surface area contributed by atoms with E-state index in [-0.39, 0.29) is 5.91 Å². The number of benzene rings is 3. The number of hydrogen-bond acceptors (Lipinski definition) is 5. The van der Waals surface area contributed by atoms with Gasteiger partial charge in [0.25, 0.3) is 5.91 Å². The molecule has 1 amide bonds.